The van der Waals surface area contributed by atoms with Gasteiger partial charge in [-0.2, -0.15) is 4.98 Å². The number of likely N-dealkylation sites (tertiary alicyclic amines) is 1. The molecule has 166 valence electrons. The maximum absolute atomic E-state index is 13.5. The molecule has 32 heavy (non-hydrogen) atoms. The molecule has 7 nitrogen and oxygen atoms in total. The molecule has 0 radical (unpaired) electrons. The molecule has 1 aliphatic rings. The Bertz CT molecular complexity index is 1140. The van der Waals surface area contributed by atoms with Gasteiger partial charge in [-0.15, -0.1) is 0 Å². The molecule has 0 spiro atoms. The number of hydrogen-bond donors (Lipinski definition) is 1. The van der Waals surface area contributed by atoms with Gasteiger partial charge in [-0.1, -0.05) is 23.4 Å². The average molecular weight is 436 g/mol. The number of aromatic nitrogens is 2. The third-order valence-corrected chi connectivity index (χ3v) is 5.82. The standard InChI is InChI=1S/C24H25FN4O3/c1-15-8-9-18(11-16(15)2)23(31)26-13-21(30)29-10-4-6-19(14-29)24-27-22(28-32-24)17-5-3-7-20(25)12-17/h3,5,7-9,11-12,19H,4,6,10,13-14H2,1-2H3,(H,26,31). The largest absolute Gasteiger partial charge is 0.343 e. The Balaban J connectivity index is 1.36. The number of benzene rings is 2. The third kappa shape index (κ3) is 4.85. The quantitative estimate of drug-likeness (QED) is 0.660. The summed E-state index contributed by atoms with van der Waals surface area (Å²) < 4.78 is 18.9. The van der Waals surface area contributed by atoms with Crippen molar-refractivity contribution in [2.45, 2.75) is 32.6 Å². The molecule has 1 aromatic heterocycles. The van der Waals surface area contributed by atoms with E-state index in [1.54, 1.807) is 23.1 Å². The minimum atomic E-state index is -0.369. The van der Waals surface area contributed by atoms with Crippen LogP contribution in [-0.4, -0.2) is 46.5 Å². The predicted molar refractivity (Wildman–Crippen MR) is 116 cm³/mol. The lowest BCUT2D eigenvalue weighted by Crippen LogP contribution is -2.44. The Morgan fingerprint density at radius 1 is 1.19 bits per heavy atom. The summed E-state index contributed by atoms with van der Waals surface area (Å²) in [5, 5.41) is 6.68. The van der Waals surface area contributed by atoms with Crippen molar-refractivity contribution >= 4 is 11.8 Å². The summed E-state index contributed by atoms with van der Waals surface area (Å²) in [6, 6.07) is 11.5. The highest BCUT2D eigenvalue weighted by molar-refractivity contribution is 5.96. The van der Waals surface area contributed by atoms with E-state index >= 15 is 0 Å². The lowest BCUT2D eigenvalue weighted by atomic mass is 9.98. The number of aryl methyl sites for hydroxylation is 2. The molecule has 2 aromatic carbocycles. The smallest absolute Gasteiger partial charge is 0.251 e. The van der Waals surface area contributed by atoms with Crippen LogP contribution in [0.15, 0.2) is 47.0 Å². The fourth-order valence-electron chi connectivity index (χ4n) is 3.80. The van der Waals surface area contributed by atoms with Gasteiger partial charge in [0.05, 0.1) is 12.5 Å². The van der Waals surface area contributed by atoms with Crippen molar-refractivity contribution in [1.29, 1.82) is 0 Å². The van der Waals surface area contributed by atoms with Gasteiger partial charge in [0, 0.05) is 24.2 Å². The number of hydrogen-bond acceptors (Lipinski definition) is 5. The van der Waals surface area contributed by atoms with Crippen molar-refractivity contribution in [3.8, 4) is 11.4 Å². The monoisotopic (exact) mass is 436 g/mol. The van der Waals surface area contributed by atoms with E-state index in [4.69, 9.17) is 4.52 Å². The minimum Gasteiger partial charge on any atom is -0.343 e. The fourth-order valence-corrected chi connectivity index (χ4v) is 3.80. The molecular formula is C24H25FN4O3. The molecule has 1 atom stereocenters. The Morgan fingerprint density at radius 3 is 2.81 bits per heavy atom. The maximum atomic E-state index is 13.5. The van der Waals surface area contributed by atoms with Crippen LogP contribution in [0.4, 0.5) is 4.39 Å². The van der Waals surface area contributed by atoms with Crippen LogP contribution < -0.4 is 5.32 Å². The summed E-state index contributed by atoms with van der Waals surface area (Å²) >= 11 is 0. The number of nitrogens with zero attached hydrogens (tertiary/aromatic N) is 3. The van der Waals surface area contributed by atoms with Crippen LogP contribution in [0, 0.1) is 19.7 Å². The highest BCUT2D eigenvalue weighted by Crippen LogP contribution is 2.27. The van der Waals surface area contributed by atoms with Gasteiger partial charge < -0.3 is 14.7 Å². The molecule has 1 N–H and O–H groups in total. The lowest BCUT2D eigenvalue weighted by molar-refractivity contribution is -0.131. The van der Waals surface area contributed by atoms with Crippen LogP contribution in [-0.2, 0) is 4.79 Å². The molecule has 3 aromatic rings. The maximum Gasteiger partial charge on any atom is 0.251 e. The molecule has 8 heteroatoms. The van der Waals surface area contributed by atoms with Gasteiger partial charge in [0.1, 0.15) is 5.82 Å². The summed E-state index contributed by atoms with van der Waals surface area (Å²) in [4.78, 5) is 31.2. The first kappa shape index (κ1) is 21.7. The van der Waals surface area contributed by atoms with E-state index < -0.39 is 0 Å². The van der Waals surface area contributed by atoms with Crippen molar-refractivity contribution in [3.05, 3.63) is 70.9 Å². The topological polar surface area (TPSA) is 88.3 Å². The molecular weight excluding hydrogens is 411 g/mol. The first-order chi connectivity index (χ1) is 15.4. The SMILES string of the molecule is Cc1ccc(C(=O)NCC(=O)N2CCCC(c3nc(-c4cccc(F)c4)no3)C2)cc1C. The van der Waals surface area contributed by atoms with E-state index in [0.29, 0.717) is 35.9 Å². The van der Waals surface area contributed by atoms with Crippen LogP contribution in [0.2, 0.25) is 0 Å². The second kappa shape index (κ2) is 9.30. The van der Waals surface area contributed by atoms with Crippen molar-refractivity contribution in [3.63, 3.8) is 0 Å². The number of carbonyl (C=O) groups excluding carboxylic acids is 2. The summed E-state index contributed by atoms with van der Waals surface area (Å²) in [5.41, 5.74) is 3.21. The van der Waals surface area contributed by atoms with Crippen LogP contribution in [0.1, 0.15) is 46.1 Å². The van der Waals surface area contributed by atoms with Crippen LogP contribution in [0.3, 0.4) is 0 Å². The van der Waals surface area contributed by atoms with E-state index in [1.165, 1.54) is 12.1 Å². The Hall–Kier alpha value is -3.55. The van der Waals surface area contributed by atoms with Crippen molar-refractivity contribution in [2.75, 3.05) is 19.6 Å². The molecule has 0 saturated carbocycles. The summed E-state index contributed by atoms with van der Waals surface area (Å²) in [6.07, 6.45) is 1.60. The van der Waals surface area contributed by atoms with Crippen LogP contribution in [0.25, 0.3) is 11.4 Å². The Kier molecular flexibility index (Phi) is 6.30. The van der Waals surface area contributed by atoms with Crippen LogP contribution >= 0.6 is 0 Å². The zero-order chi connectivity index (χ0) is 22.7. The van der Waals surface area contributed by atoms with Gasteiger partial charge in [-0.3, -0.25) is 9.59 Å². The summed E-state index contributed by atoms with van der Waals surface area (Å²) in [5.74, 6) is -0.142. The molecule has 0 aliphatic carbocycles. The highest BCUT2D eigenvalue weighted by Gasteiger charge is 2.29. The lowest BCUT2D eigenvalue weighted by Gasteiger charge is -2.31. The van der Waals surface area contributed by atoms with E-state index in [1.807, 2.05) is 26.0 Å². The van der Waals surface area contributed by atoms with Gasteiger partial charge >= 0.3 is 0 Å². The molecule has 1 aliphatic heterocycles. The Morgan fingerprint density at radius 2 is 2.03 bits per heavy atom. The van der Waals surface area contributed by atoms with Crippen LogP contribution in [0.5, 0.6) is 0 Å². The predicted octanol–water partition coefficient (Wildman–Crippen LogP) is 3.63. The number of carbonyl (C=O) groups is 2. The van der Waals surface area contributed by atoms with Crippen molar-refractivity contribution < 1.29 is 18.5 Å². The molecule has 2 amide bonds. The van der Waals surface area contributed by atoms with Gasteiger partial charge in [-0.05, 0) is 62.1 Å². The molecule has 4 rings (SSSR count). The first-order valence-electron chi connectivity index (χ1n) is 10.6. The average Bonchev–Trinajstić information content (AvgIpc) is 3.29. The summed E-state index contributed by atoms with van der Waals surface area (Å²) in [6.45, 7) is 4.90. The molecule has 1 unspecified atom stereocenters. The molecule has 1 fully saturated rings. The molecule has 1 saturated heterocycles. The van der Waals surface area contributed by atoms with Gasteiger partial charge in [-0.25, -0.2) is 4.39 Å². The van der Waals surface area contributed by atoms with E-state index in [0.717, 1.165) is 24.0 Å². The van der Waals surface area contributed by atoms with E-state index in [9.17, 15) is 14.0 Å². The number of piperidine rings is 1. The number of rotatable bonds is 5. The molecule has 2 heterocycles. The highest BCUT2D eigenvalue weighted by atomic mass is 19.1. The summed E-state index contributed by atoms with van der Waals surface area (Å²) in [7, 11) is 0. The minimum absolute atomic E-state index is 0.0726. The fraction of sp³-hybridized carbons (Fsp3) is 0.333. The normalized spacial score (nSPS) is 16.1. The van der Waals surface area contributed by atoms with Gasteiger partial charge in [0.2, 0.25) is 17.6 Å². The zero-order valence-corrected chi connectivity index (χ0v) is 18.1. The van der Waals surface area contributed by atoms with Crippen molar-refractivity contribution in [2.24, 2.45) is 0 Å². The number of nitrogens with one attached hydrogen (secondary N) is 1. The second-order valence-corrected chi connectivity index (χ2v) is 8.13. The zero-order valence-electron chi connectivity index (χ0n) is 18.1. The second-order valence-electron chi connectivity index (χ2n) is 8.13. The van der Waals surface area contributed by atoms with Gasteiger partial charge in [0.25, 0.3) is 5.91 Å². The molecule has 0 bridgehead atoms. The van der Waals surface area contributed by atoms with E-state index in [-0.39, 0.29) is 30.1 Å². The van der Waals surface area contributed by atoms with Crippen molar-refractivity contribution in [1.82, 2.24) is 20.4 Å². The number of halogens is 1. The van der Waals surface area contributed by atoms with Gasteiger partial charge in [0.15, 0.2) is 0 Å². The third-order valence-electron chi connectivity index (χ3n) is 5.82. The van der Waals surface area contributed by atoms with E-state index in [2.05, 4.69) is 15.5 Å². The Labute approximate surface area is 185 Å². The first-order valence-corrected chi connectivity index (χ1v) is 10.6. The number of amides is 2.